The molecular weight excluding hydrogens is 257 g/mol. The van der Waals surface area contributed by atoms with E-state index in [9.17, 15) is 9.18 Å². The second-order valence-corrected chi connectivity index (χ2v) is 3.78. The van der Waals surface area contributed by atoms with E-state index >= 15 is 0 Å². The summed E-state index contributed by atoms with van der Waals surface area (Å²) in [6.07, 6.45) is 1.41. The summed E-state index contributed by atoms with van der Waals surface area (Å²) in [6, 6.07) is 10.3. The molecule has 3 nitrogen and oxygen atoms in total. The van der Waals surface area contributed by atoms with Gasteiger partial charge in [-0.05, 0) is 30.3 Å². The summed E-state index contributed by atoms with van der Waals surface area (Å²) < 4.78 is 18.4. The molecule has 5 heteroatoms. The predicted octanol–water partition coefficient (Wildman–Crippen LogP) is 4.24. The summed E-state index contributed by atoms with van der Waals surface area (Å²) in [5.74, 6) is 0.293. The second-order valence-electron chi connectivity index (χ2n) is 3.38. The molecule has 90 valence electrons. The number of isocyanates is 1. The van der Waals surface area contributed by atoms with Crippen molar-refractivity contribution in [2.45, 2.75) is 0 Å². The van der Waals surface area contributed by atoms with Crippen LogP contribution in [-0.4, -0.2) is 6.08 Å². The van der Waals surface area contributed by atoms with E-state index in [4.69, 9.17) is 16.3 Å². The Morgan fingerprint density at radius 3 is 2.72 bits per heavy atom. The number of rotatable bonds is 3. The molecule has 0 bridgehead atoms. The van der Waals surface area contributed by atoms with Crippen molar-refractivity contribution in [1.82, 2.24) is 0 Å². The number of carbonyl (C=O) groups excluding carboxylic acids is 1. The number of aliphatic imine (C=N–C) groups is 1. The number of hydrogen-bond acceptors (Lipinski definition) is 3. The van der Waals surface area contributed by atoms with Crippen LogP contribution in [0, 0.1) is 5.82 Å². The van der Waals surface area contributed by atoms with Crippen LogP contribution in [0.4, 0.5) is 10.1 Å². The Labute approximate surface area is 107 Å². The Kier molecular flexibility index (Phi) is 3.72. The predicted molar refractivity (Wildman–Crippen MR) is 65.7 cm³/mol. The molecule has 0 aliphatic heterocycles. The minimum Gasteiger partial charge on any atom is -0.456 e. The van der Waals surface area contributed by atoms with E-state index < -0.39 is 5.82 Å². The van der Waals surface area contributed by atoms with E-state index in [1.54, 1.807) is 18.2 Å². The third kappa shape index (κ3) is 2.94. The molecule has 0 N–H and O–H groups in total. The molecule has 0 aliphatic carbocycles. The van der Waals surface area contributed by atoms with Gasteiger partial charge in [0.25, 0.3) is 0 Å². The van der Waals surface area contributed by atoms with Gasteiger partial charge >= 0.3 is 0 Å². The van der Waals surface area contributed by atoms with Gasteiger partial charge in [-0.2, -0.15) is 4.99 Å². The smallest absolute Gasteiger partial charge is 0.240 e. The average Bonchev–Trinajstić information content (AvgIpc) is 2.33. The zero-order valence-corrected chi connectivity index (χ0v) is 9.82. The molecule has 0 heterocycles. The van der Waals surface area contributed by atoms with Crippen molar-refractivity contribution in [3.63, 3.8) is 0 Å². The van der Waals surface area contributed by atoms with E-state index in [-0.39, 0.29) is 5.02 Å². The fourth-order valence-corrected chi connectivity index (χ4v) is 1.57. The Morgan fingerprint density at radius 2 is 2.06 bits per heavy atom. The lowest BCUT2D eigenvalue weighted by Gasteiger charge is -2.07. The maximum atomic E-state index is 13.0. The van der Waals surface area contributed by atoms with Crippen molar-refractivity contribution >= 4 is 23.4 Å². The largest absolute Gasteiger partial charge is 0.456 e. The highest BCUT2D eigenvalue weighted by Gasteiger charge is 2.05. The molecule has 18 heavy (non-hydrogen) atoms. The number of hydrogen-bond donors (Lipinski definition) is 0. The molecule has 0 saturated carbocycles. The summed E-state index contributed by atoms with van der Waals surface area (Å²) in [7, 11) is 0. The summed E-state index contributed by atoms with van der Waals surface area (Å²) in [6.45, 7) is 0. The molecular formula is C13H7ClFNO2. The van der Waals surface area contributed by atoms with Gasteiger partial charge in [0.2, 0.25) is 6.08 Å². The SMILES string of the molecule is O=C=Nc1ccc(Oc2cccc(F)c2)c(Cl)c1. The Morgan fingerprint density at radius 1 is 1.22 bits per heavy atom. The molecule has 0 aliphatic rings. The van der Waals surface area contributed by atoms with Gasteiger partial charge in [-0.15, -0.1) is 0 Å². The summed E-state index contributed by atoms with van der Waals surface area (Å²) in [5.41, 5.74) is 0.376. The number of halogens is 2. The maximum Gasteiger partial charge on any atom is 0.240 e. The number of nitrogens with zero attached hydrogens (tertiary/aromatic N) is 1. The molecule has 0 atom stereocenters. The molecule has 0 fully saturated rings. The van der Waals surface area contributed by atoms with Crippen LogP contribution in [0.15, 0.2) is 47.5 Å². The Hall–Kier alpha value is -2.16. The summed E-state index contributed by atoms with van der Waals surface area (Å²) in [4.78, 5) is 13.5. The lowest BCUT2D eigenvalue weighted by molar-refractivity contribution is 0.477. The monoisotopic (exact) mass is 263 g/mol. The molecule has 2 aromatic carbocycles. The van der Waals surface area contributed by atoms with Crippen LogP contribution in [-0.2, 0) is 4.79 Å². The van der Waals surface area contributed by atoms with Gasteiger partial charge in [0.15, 0.2) is 0 Å². The standard InChI is InChI=1S/C13H7ClFNO2/c14-12-7-10(16-8-17)4-5-13(12)18-11-3-1-2-9(15)6-11/h1-7H. The van der Waals surface area contributed by atoms with Gasteiger partial charge in [-0.25, -0.2) is 9.18 Å². The van der Waals surface area contributed by atoms with Crippen LogP contribution >= 0.6 is 11.6 Å². The highest BCUT2D eigenvalue weighted by Crippen LogP contribution is 2.32. The fraction of sp³-hybridized carbons (Fsp3) is 0. The van der Waals surface area contributed by atoms with Crippen LogP contribution in [0.1, 0.15) is 0 Å². The third-order valence-corrected chi connectivity index (χ3v) is 2.41. The first-order valence-corrected chi connectivity index (χ1v) is 5.37. The van der Waals surface area contributed by atoms with Crippen LogP contribution in [0.3, 0.4) is 0 Å². The van der Waals surface area contributed by atoms with E-state index in [0.29, 0.717) is 17.2 Å². The van der Waals surface area contributed by atoms with Crippen molar-refractivity contribution < 1.29 is 13.9 Å². The van der Waals surface area contributed by atoms with Crippen LogP contribution in [0.2, 0.25) is 5.02 Å². The molecule has 0 saturated heterocycles. The lowest BCUT2D eigenvalue weighted by Crippen LogP contribution is -1.85. The highest BCUT2D eigenvalue weighted by atomic mass is 35.5. The first kappa shape index (κ1) is 12.3. The minimum atomic E-state index is -0.397. The van der Waals surface area contributed by atoms with Gasteiger partial charge < -0.3 is 4.74 Å². The molecule has 0 spiro atoms. The molecule has 2 aromatic rings. The van der Waals surface area contributed by atoms with Crippen molar-refractivity contribution in [2.24, 2.45) is 4.99 Å². The second kappa shape index (κ2) is 5.45. The van der Waals surface area contributed by atoms with E-state index in [1.165, 1.54) is 30.3 Å². The number of ether oxygens (including phenoxy) is 1. The zero-order valence-electron chi connectivity index (χ0n) is 9.06. The minimum absolute atomic E-state index is 0.274. The Bertz CT molecular complexity index is 624. The zero-order chi connectivity index (χ0) is 13.0. The topological polar surface area (TPSA) is 38.7 Å². The van der Waals surface area contributed by atoms with Gasteiger partial charge in [0.1, 0.15) is 17.3 Å². The van der Waals surface area contributed by atoms with Crippen molar-refractivity contribution in [3.8, 4) is 11.5 Å². The Balaban J connectivity index is 2.27. The normalized spacial score (nSPS) is 9.67. The maximum absolute atomic E-state index is 13.0. The van der Waals surface area contributed by atoms with Gasteiger partial charge in [0, 0.05) is 6.07 Å². The van der Waals surface area contributed by atoms with Crippen LogP contribution in [0.5, 0.6) is 11.5 Å². The molecule has 2 rings (SSSR count). The third-order valence-electron chi connectivity index (χ3n) is 2.11. The van der Waals surface area contributed by atoms with Gasteiger partial charge in [0.05, 0.1) is 10.7 Å². The summed E-state index contributed by atoms with van der Waals surface area (Å²) >= 11 is 5.95. The summed E-state index contributed by atoms with van der Waals surface area (Å²) in [5, 5.41) is 0.274. The van der Waals surface area contributed by atoms with E-state index in [1.807, 2.05) is 0 Å². The molecule has 0 unspecified atom stereocenters. The number of benzene rings is 2. The van der Waals surface area contributed by atoms with Crippen LogP contribution in [0.25, 0.3) is 0 Å². The van der Waals surface area contributed by atoms with E-state index in [2.05, 4.69) is 4.99 Å². The lowest BCUT2D eigenvalue weighted by atomic mass is 10.3. The van der Waals surface area contributed by atoms with Crippen molar-refractivity contribution in [3.05, 3.63) is 53.3 Å². The van der Waals surface area contributed by atoms with Crippen molar-refractivity contribution in [2.75, 3.05) is 0 Å². The van der Waals surface area contributed by atoms with Crippen molar-refractivity contribution in [1.29, 1.82) is 0 Å². The average molecular weight is 264 g/mol. The highest BCUT2D eigenvalue weighted by molar-refractivity contribution is 6.32. The van der Waals surface area contributed by atoms with E-state index in [0.717, 1.165) is 0 Å². The molecule has 0 amide bonds. The van der Waals surface area contributed by atoms with Gasteiger partial charge in [-0.1, -0.05) is 17.7 Å². The molecule has 0 radical (unpaired) electrons. The van der Waals surface area contributed by atoms with Crippen LogP contribution < -0.4 is 4.74 Å². The van der Waals surface area contributed by atoms with Gasteiger partial charge in [-0.3, -0.25) is 0 Å². The first-order valence-electron chi connectivity index (χ1n) is 5.00. The fourth-order valence-electron chi connectivity index (χ4n) is 1.35. The quantitative estimate of drug-likeness (QED) is 0.614. The molecule has 0 aromatic heterocycles. The first-order chi connectivity index (χ1) is 8.69.